The van der Waals surface area contributed by atoms with Crippen LogP contribution in [-0.2, 0) is 16.3 Å². The van der Waals surface area contributed by atoms with Gasteiger partial charge in [-0.1, -0.05) is 25.1 Å². The molecule has 1 heterocycles. The Balaban J connectivity index is 1.91. The van der Waals surface area contributed by atoms with Crippen LogP contribution in [0.4, 0.5) is 5.69 Å². The van der Waals surface area contributed by atoms with Gasteiger partial charge in [-0.15, -0.1) is 0 Å². The number of hydrogen-bond donors (Lipinski definition) is 1. The zero-order valence-corrected chi connectivity index (χ0v) is 11.7. The lowest BCUT2D eigenvalue weighted by molar-refractivity contribution is 0.574. The van der Waals surface area contributed by atoms with E-state index in [0.29, 0.717) is 24.0 Å². The molecule has 0 fully saturated rings. The monoisotopic (exact) mass is 267 g/mol. The molecule has 1 aromatic rings. The molecule has 1 atom stereocenters. The molecular weight excluding hydrogens is 246 g/mol. The van der Waals surface area contributed by atoms with Crippen LogP contribution >= 0.6 is 0 Å². The molecule has 0 bridgehead atoms. The maximum atomic E-state index is 11.7. The first-order chi connectivity index (χ1) is 8.61. The normalized spacial score (nSPS) is 19.1. The lowest BCUT2D eigenvalue weighted by Gasteiger charge is -2.26. The van der Waals surface area contributed by atoms with Crippen molar-refractivity contribution >= 4 is 15.5 Å². The minimum Gasteiger partial charge on any atom is -0.382 e. The Morgan fingerprint density at radius 2 is 2.06 bits per heavy atom. The standard InChI is InChI=1S/C14H21NO2S/c1-2-10-18(16,17)11-9-13-8-7-12-5-3-4-6-14(12)15-13/h3-6,13,15H,2,7-11H2,1H3. The molecule has 18 heavy (non-hydrogen) atoms. The summed E-state index contributed by atoms with van der Waals surface area (Å²) in [6.07, 6.45) is 3.50. The molecule has 1 N–H and O–H groups in total. The summed E-state index contributed by atoms with van der Waals surface area (Å²) in [5, 5.41) is 3.45. The Hall–Kier alpha value is -1.03. The summed E-state index contributed by atoms with van der Waals surface area (Å²) in [5.74, 6) is 0.622. The predicted molar refractivity (Wildman–Crippen MR) is 75.7 cm³/mol. The van der Waals surface area contributed by atoms with E-state index in [1.54, 1.807) is 0 Å². The smallest absolute Gasteiger partial charge is 0.150 e. The number of fused-ring (bicyclic) bond motifs is 1. The van der Waals surface area contributed by atoms with Crippen molar-refractivity contribution in [2.45, 2.75) is 38.6 Å². The second-order valence-electron chi connectivity index (χ2n) is 4.98. The van der Waals surface area contributed by atoms with Gasteiger partial charge in [0, 0.05) is 17.5 Å². The van der Waals surface area contributed by atoms with Crippen LogP contribution in [0.1, 0.15) is 31.7 Å². The van der Waals surface area contributed by atoms with Crippen molar-refractivity contribution in [1.29, 1.82) is 0 Å². The molecule has 2 rings (SSSR count). The van der Waals surface area contributed by atoms with Crippen molar-refractivity contribution in [2.24, 2.45) is 0 Å². The quantitative estimate of drug-likeness (QED) is 0.892. The van der Waals surface area contributed by atoms with Crippen molar-refractivity contribution in [1.82, 2.24) is 0 Å². The Morgan fingerprint density at radius 1 is 1.28 bits per heavy atom. The second-order valence-corrected chi connectivity index (χ2v) is 7.28. The summed E-state index contributed by atoms with van der Waals surface area (Å²) in [7, 11) is -2.85. The summed E-state index contributed by atoms with van der Waals surface area (Å²) < 4.78 is 23.4. The first kappa shape index (κ1) is 13.4. The molecule has 0 radical (unpaired) electrons. The fourth-order valence-electron chi connectivity index (χ4n) is 2.45. The van der Waals surface area contributed by atoms with Crippen LogP contribution in [0, 0.1) is 0 Å². The van der Waals surface area contributed by atoms with E-state index >= 15 is 0 Å². The Labute approximate surface area is 110 Å². The Kier molecular flexibility index (Phi) is 4.27. The van der Waals surface area contributed by atoms with E-state index in [-0.39, 0.29) is 0 Å². The maximum Gasteiger partial charge on any atom is 0.150 e. The molecule has 3 nitrogen and oxygen atoms in total. The Bertz CT molecular complexity index is 496. The van der Waals surface area contributed by atoms with E-state index in [0.717, 1.165) is 19.3 Å². The van der Waals surface area contributed by atoms with E-state index in [2.05, 4.69) is 17.4 Å². The van der Waals surface area contributed by atoms with Crippen LogP contribution in [0.5, 0.6) is 0 Å². The molecule has 100 valence electrons. The van der Waals surface area contributed by atoms with E-state index in [4.69, 9.17) is 0 Å². The van der Waals surface area contributed by atoms with E-state index in [1.807, 2.05) is 19.1 Å². The Morgan fingerprint density at radius 3 is 2.83 bits per heavy atom. The van der Waals surface area contributed by atoms with Crippen molar-refractivity contribution in [3.05, 3.63) is 29.8 Å². The molecule has 0 aliphatic carbocycles. The number of aryl methyl sites for hydroxylation is 1. The molecule has 4 heteroatoms. The first-order valence-electron chi connectivity index (χ1n) is 6.65. The SMILES string of the molecule is CCCS(=O)(=O)CCC1CCc2ccccc2N1. The van der Waals surface area contributed by atoms with Crippen LogP contribution in [0.2, 0.25) is 0 Å². The molecule has 1 unspecified atom stereocenters. The molecular formula is C14H21NO2S. The van der Waals surface area contributed by atoms with Gasteiger partial charge in [-0.25, -0.2) is 8.42 Å². The molecule has 1 aliphatic heterocycles. The summed E-state index contributed by atoms with van der Waals surface area (Å²) in [6.45, 7) is 1.91. The van der Waals surface area contributed by atoms with Gasteiger partial charge in [0.15, 0.2) is 0 Å². The van der Waals surface area contributed by atoms with Crippen LogP contribution in [0.3, 0.4) is 0 Å². The van der Waals surface area contributed by atoms with Crippen LogP contribution in [-0.4, -0.2) is 26.0 Å². The van der Waals surface area contributed by atoms with Gasteiger partial charge >= 0.3 is 0 Å². The number of benzene rings is 1. The average Bonchev–Trinajstić information content (AvgIpc) is 2.36. The van der Waals surface area contributed by atoms with Crippen molar-refractivity contribution in [2.75, 3.05) is 16.8 Å². The van der Waals surface area contributed by atoms with Gasteiger partial charge in [0.05, 0.1) is 5.75 Å². The van der Waals surface area contributed by atoms with Crippen LogP contribution < -0.4 is 5.32 Å². The van der Waals surface area contributed by atoms with Crippen molar-refractivity contribution in [3.8, 4) is 0 Å². The zero-order chi connectivity index (χ0) is 13.0. The van der Waals surface area contributed by atoms with Gasteiger partial charge in [0.1, 0.15) is 9.84 Å². The highest BCUT2D eigenvalue weighted by atomic mass is 32.2. The molecule has 1 aromatic carbocycles. The summed E-state index contributed by atoms with van der Waals surface area (Å²) >= 11 is 0. The van der Waals surface area contributed by atoms with Gasteiger partial charge in [-0.3, -0.25) is 0 Å². The topological polar surface area (TPSA) is 46.2 Å². The number of para-hydroxylation sites is 1. The molecule has 1 aliphatic rings. The lowest BCUT2D eigenvalue weighted by Crippen LogP contribution is -2.28. The lowest BCUT2D eigenvalue weighted by atomic mass is 9.97. The minimum absolute atomic E-state index is 0.298. The van der Waals surface area contributed by atoms with Gasteiger partial charge in [-0.05, 0) is 37.3 Å². The van der Waals surface area contributed by atoms with E-state index < -0.39 is 9.84 Å². The third-order valence-corrected chi connectivity index (χ3v) is 5.32. The molecule has 0 saturated carbocycles. The van der Waals surface area contributed by atoms with E-state index in [9.17, 15) is 8.42 Å². The fraction of sp³-hybridized carbons (Fsp3) is 0.571. The third-order valence-electron chi connectivity index (χ3n) is 3.43. The zero-order valence-electron chi connectivity index (χ0n) is 10.9. The largest absolute Gasteiger partial charge is 0.382 e. The molecule has 0 aromatic heterocycles. The van der Waals surface area contributed by atoms with Gasteiger partial charge in [0.2, 0.25) is 0 Å². The summed E-state index contributed by atoms with van der Waals surface area (Å²) in [6, 6.07) is 8.56. The first-order valence-corrected chi connectivity index (χ1v) is 8.48. The van der Waals surface area contributed by atoms with Gasteiger partial charge in [0.25, 0.3) is 0 Å². The molecule has 0 saturated heterocycles. The maximum absolute atomic E-state index is 11.7. The van der Waals surface area contributed by atoms with Crippen molar-refractivity contribution in [3.63, 3.8) is 0 Å². The van der Waals surface area contributed by atoms with E-state index in [1.165, 1.54) is 11.3 Å². The number of sulfone groups is 1. The number of anilines is 1. The average molecular weight is 267 g/mol. The summed E-state index contributed by atoms with van der Waals surface area (Å²) in [5.41, 5.74) is 2.51. The van der Waals surface area contributed by atoms with Gasteiger partial charge < -0.3 is 5.32 Å². The van der Waals surface area contributed by atoms with Gasteiger partial charge in [-0.2, -0.15) is 0 Å². The minimum atomic E-state index is -2.85. The molecule has 0 spiro atoms. The van der Waals surface area contributed by atoms with Crippen LogP contribution in [0.25, 0.3) is 0 Å². The predicted octanol–water partition coefficient (Wildman–Crippen LogP) is 2.63. The van der Waals surface area contributed by atoms with Crippen molar-refractivity contribution < 1.29 is 8.42 Å². The highest BCUT2D eigenvalue weighted by molar-refractivity contribution is 7.91. The highest BCUT2D eigenvalue weighted by Crippen LogP contribution is 2.25. The summed E-state index contributed by atoms with van der Waals surface area (Å²) in [4.78, 5) is 0. The molecule has 0 amide bonds. The third kappa shape index (κ3) is 3.48. The number of nitrogens with one attached hydrogen (secondary N) is 1. The number of hydrogen-bond acceptors (Lipinski definition) is 3. The number of rotatable bonds is 5. The highest BCUT2D eigenvalue weighted by Gasteiger charge is 2.19. The van der Waals surface area contributed by atoms with Crippen LogP contribution in [0.15, 0.2) is 24.3 Å². The fourth-order valence-corrected chi connectivity index (χ4v) is 3.92. The second kappa shape index (κ2) is 5.74.